The molecule has 0 fully saturated rings. The standard InChI is InChI=1S/C18H36N2O3/c1-3-4-5-6-7-8-9-10-11-12-14-19-15-13-17(21)20-16(2)18(22)23/h16,19H,3-15H2,1-2H3,(H,20,21)(H,22,23)/t16-/m0/s1. The van der Waals surface area contributed by atoms with Crippen LogP contribution in [0.4, 0.5) is 0 Å². The molecule has 23 heavy (non-hydrogen) atoms. The third-order valence-corrected chi connectivity index (χ3v) is 3.98. The lowest BCUT2D eigenvalue weighted by molar-refractivity contribution is -0.141. The van der Waals surface area contributed by atoms with Crippen LogP contribution in [0.3, 0.4) is 0 Å². The smallest absolute Gasteiger partial charge is 0.325 e. The van der Waals surface area contributed by atoms with Crippen molar-refractivity contribution in [3.8, 4) is 0 Å². The van der Waals surface area contributed by atoms with Gasteiger partial charge < -0.3 is 15.7 Å². The lowest BCUT2D eigenvalue weighted by atomic mass is 10.1. The largest absolute Gasteiger partial charge is 0.480 e. The van der Waals surface area contributed by atoms with E-state index in [-0.39, 0.29) is 5.91 Å². The topological polar surface area (TPSA) is 78.4 Å². The summed E-state index contributed by atoms with van der Waals surface area (Å²) in [6.45, 7) is 5.25. The highest BCUT2D eigenvalue weighted by Gasteiger charge is 2.12. The second-order valence-electron chi connectivity index (χ2n) is 6.31. The number of aliphatic carboxylic acids is 1. The van der Waals surface area contributed by atoms with Gasteiger partial charge in [0.05, 0.1) is 0 Å². The third-order valence-electron chi connectivity index (χ3n) is 3.98. The molecule has 0 aromatic heterocycles. The van der Waals surface area contributed by atoms with Crippen molar-refractivity contribution in [3.63, 3.8) is 0 Å². The molecule has 0 aromatic carbocycles. The molecule has 0 saturated heterocycles. The molecule has 0 bridgehead atoms. The van der Waals surface area contributed by atoms with Crippen molar-refractivity contribution in [3.05, 3.63) is 0 Å². The molecular formula is C18H36N2O3. The zero-order valence-electron chi connectivity index (χ0n) is 15.0. The van der Waals surface area contributed by atoms with Crippen LogP contribution in [0.2, 0.25) is 0 Å². The lowest BCUT2D eigenvalue weighted by Gasteiger charge is -2.09. The number of carbonyl (C=O) groups excluding carboxylic acids is 1. The number of unbranched alkanes of at least 4 members (excludes halogenated alkanes) is 9. The Labute approximate surface area is 141 Å². The van der Waals surface area contributed by atoms with E-state index in [2.05, 4.69) is 17.6 Å². The number of hydrogen-bond donors (Lipinski definition) is 3. The van der Waals surface area contributed by atoms with Crippen LogP contribution in [0.15, 0.2) is 0 Å². The fourth-order valence-electron chi connectivity index (χ4n) is 2.44. The summed E-state index contributed by atoms with van der Waals surface area (Å²) < 4.78 is 0. The summed E-state index contributed by atoms with van der Waals surface area (Å²) in [6, 6.07) is -0.815. The number of rotatable bonds is 16. The van der Waals surface area contributed by atoms with Gasteiger partial charge in [-0.3, -0.25) is 9.59 Å². The first kappa shape index (κ1) is 21.9. The Bertz CT molecular complexity index is 309. The quantitative estimate of drug-likeness (QED) is 0.379. The normalized spacial score (nSPS) is 12.1. The third kappa shape index (κ3) is 15.6. The number of amides is 1. The van der Waals surface area contributed by atoms with E-state index in [1.54, 1.807) is 0 Å². The van der Waals surface area contributed by atoms with E-state index in [1.165, 1.54) is 64.7 Å². The van der Waals surface area contributed by atoms with Gasteiger partial charge in [-0.25, -0.2) is 0 Å². The second kappa shape index (κ2) is 15.8. The minimum atomic E-state index is -1.00. The summed E-state index contributed by atoms with van der Waals surface area (Å²) in [5, 5.41) is 14.4. The minimum absolute atomic E-state index is 0.213. The molecule has 1 atom stereocenters. The Kier molecular flexibility index (Phi) is 15.0. The molecule has 0 radical (unpaired) electrons. The van der Waals surface area contributed by atoms with Gasteiger partial charge in [-0.2, -0.15) is 0 Å². The monoisotopic (exact) mass is 328 g/mol. The van der Waals surface area contributed by atoms with Crippen LogP contribution < -0.4 is 10.6 Å². The first-order valence-electron chi connectivity index (χ1n) is 9.30. The predicted molar refractivity (Wildman–Crippen MR) is 94.6 cm³/mol. The maximum absolute atomic E-state index is 11.4. The van der Waals surface area contributed by atoms with Gasteiger partial charge in [-0.05, 0) is 19.9 Å². The first-order valence-corrected chi connectivity index (χ1v) is 9.30. The molecule has 0 aliphatic rings. The number of carboxylic acids is 1. The number of hydrogen-bond acceptors (Lipinski definition) is 3. The van der Waals surface area contributed by atoms with E-state index in [4.69, 9.17) is 5.11 Å². The van der Waals surface area contributed by atoms with Crippen LogP contribution in [0.25, 0.3) is 0 Å². The van der Waals surface area contributed by atoms with Crippen molar-refractivity contribution < 1.29 is 14.7 Å². The van der Waals surface area contributed by atoms with Gasteiger partial charge in [0.2, 0.25) is 5.91 Å². The number of carbonyl (C=O) groups is 2. The minimum Gasteiger partial charge on any atom is -0.480 e. The highest BCUT2D eigenvalue weighted by atomic mass is 16.4. The van der Waals surface area contributed by atoms with Crippen molar-refractivity contribution in [1.29, 1.82) is 0 Å². The molecule has 0 aliphatic carbocycles. The highest BCUT2D eigenvalue weighted by Crippen LogP contribution is 2.10. The van der Waals surface area contributed by atoms with Crippen LogP contribution >= 0.6 is 0 Å². The second-order valence-corrected chi connectivity index (χ2v) is 6.31. The van der Waals surface area contributed by atoms with E-state index in [1.807, 2.05) is 0 Å². The molecular weight excluding hydrogens is 292 g/mol. The fourth-order valence-corrected chi connectivity index (χ4v) is 2.44. The van der Waals surface area contributed by atoms with E-state index in [9.17, 15) is 9.59 Å². The summed E-state index contributed by atoms with van der Waals surface area (Å²) in [4.78, 5) is 22.0. The van der Waals surface area contributed by atoms with Crippen molar-refractivity contribution >= 4 is 11.9 Å². The molecule has 3 N–H and O–H groups in total. The molecule has 0 heterocycles. The van der Waals surface area contributed by atoms with E-state index in [0.29, 0.717) is 13.0 Å². The van der Waals surface area contributed by atoms with E-state index >= 15 is 0 Å². The first-order chi connectivity index (χ1) is 11.1. The Morgan fingerprint density at radius 3 is 1.91 bits per heavy atom. The van der Waals surface area contributed by atoms with Crippen LogP contribution in [0.1, 0.15) is 84.5 Å². The Hall–Kier alpha value is -1.10. The molecule has 0 aromatic rings. The average molecular weight is 328 g/mol. The summed E-state index contributed by atoms with van der Waals surface area (Å²) in [5.74, 6) is -1.22. The zero-order valence-corrected chi connectivity index (χ0v) is 15.0. The molecule has 0 saturated carbocycles. The molecule has 136 valence electrons. The van der Waals surface area contributed by atoms with Gasteiger partial charge in [0, 0.05) is 13.0 Å². The zero-order chi connectivity index (χ0) is 17.3. The molecule has 0 rings (SSSR count). The SMILES string of the molecule is CCCCCCCCCCCCNCCC(=O)N[C@@H](C)C(=O)O. The lowest BCUT2D eigenvalue weighted by Crippen LogP contribution is -2.39. The predicted octanol–water partition coefficient (Wildman–Crippen LogP) is 3.48. The van der Waals surface area contributed by atoms with Gasteiger partial charge in [0.15, 0.2) is 0 Å². The maximum atomic E-state index is 11.4. The molecule has 5 nitrogen and oxygen atoms in total. The van der Waals surface area contributed by atoms with E-state index < -0.39 is 12.0 Å². The molecule has 0 aliphatic heterocycles. The Morgan fingerprint density at radius 1 is 0.870 bits per heavy atom. The van der Waals surface area contributed by atoms with Crippen LogP contribution in [0.5, 0.6) is 0 Å². The summed E-state index contributed by atoms with van der Waals surface area (Å²) in [6.07, 6.45) is 13.5. The Morgan fingerprint density at radius 2 is 1.39 bits per heavy atom. The fraction of sp³-hybridized carbons (Fsp3) is 0.889. The van der Waals surface area contributed by atoms with Gasteiger partial charge in [0.25, 0.3) is 0 Å². The molecule has 1 amide bonds. The van der Waals surface area contributed by atoms with Gasteiger partial charge in [-0.1, -0.05) is 64.7 Å². The van der Waals surface area contributed by atoms with Crippen molar-refractivity contribution in [2.75, 3.05) is 13.1 Å². The van der Waals surface area contributed by atoms with Crippen molar-refractivity contribution in [1.82, 2.24) is 10.6 Å². The summed E-state index contributed by atoms with van der Waals surface area (Å²) >= 11 is 0. The summed E-state index contributed by atoms with van der Waals surface area (Å²) in [5.41, 5.74) is 0. The van der Waals surface area contributed by atoms with Crippen LogP contribution in [-0.2, 0) is 9.59 Å². The maximum Gasteiger partial charge on any atom is 0.325 e. The number of carboxylic acid groups (broad SMARTS) is 1. The highest BCUT2D eigenvalue weighted by molar-refractivity contribution is 5.83. The van der Waals surface area contributed by atoms with Gasteiger partial charge >= 0.3 is 5.97 Å². The van der Waals surface area contributed by atoms with Crippen LogP contribution in [0, 0.1) is 0 Å². The van der Waals surface area contributed by atoms with Crippen LogP contribution in [-0.4, -0.2) is 36.1 Å². The average Bonchev–Trinajstić information content (AvgIpc) is 2.51. The number of nitrogens with one attached hydrogen (secondary N) is 2. The molecule has 0 unspecified atom stereocenters. The van der Waals surface area contributed by atoms with Crippen molar-refractivity contribution in [2.45, 2.75) is 90.5 Å². The van der Waals surface area contributed by atoms with E-state index in [0.717, 1.165) is 13.0 Å². The summed E-state index contributed by atoms with van der Waals surface area (Å²) in [7, 11) is 0. The molecule has 5 heteroatoms. The Balaban J connectivity index is 3.21. The van der Waals surface area contributed by atoms with Gasteiger partial charge in [-0.15, -0.1) is 0 Å². The molecule has 0 spiro atoms. The van der Waals surface area contributed by atoms with Gasteiger partial charge in [0.1, 0.15) is 6.04 Å². The van der Waals surface area contributed by atoms with Crippen molar-refractivity contribution in [2.24, 2.45) is 0 Å².